The standard InChI is InChI=1S/C19H18N2O3/c1-13(22)21(14(2)23)20-17-12-19(15-8-4-3-5-9-15)24-18-11-7-6-10-16(17)18/h3-11,19H,12H2,1-2H3/b20-17-/t19-/m1/s1. The lowest BCUT2D eigenvalue weighted by atomic mass is 9.96. The van der Waals surface area contributed by atoms with E-state index in [1.807, 2.05) is 54.6 Å². The first-order valence-electron chi connectivity index (χ1n) is 7.76. The second kappa shape index (κ2) is 6.66. The number of carbonyl (C=O) groups excluding carboxylic acids is 2. The smallest absolute Gasteiger partial charge is 0.246 e. The van der Waals surface area contributed by atoms with Crippen molar-refractivity contribution in [2.24, 2.45) is 5.10 Å². The molecule has 5 heteroatoms. The summed E-state index contributed by atoms with van der Waals surface area (Å²) < 4.78 is 6.08. The van der Waals surface area contributed by atoms with Crippen LogP contribution in [0.5, 0.6) is 5.75 Å². The Balaban J connectivity index is 2.04. The highest BCUT2D eigenvalue weighted by Gasteiger charge is 2.27. The third-order valence-corrected chi connectivity index (χ3v) is 3.83. The molecule has 0 saturated carbocycles. The average Bonchev–Trinajstić information content (AvgIpc) is 2.59. The van der Waals surface area contributed by atoms with Crippen molar-refractivity contribution in [1.82, 2.24) is 5.01 Å². The molecule has 3 rings (SSSR count). The molecule has 24 heavy (non-hydrogen) atoms. The molecule has 0 aliphatic carbocycles. The van der Waals surface area contributed by atoms with E-state index in [0.29, 0.717) is 17.9 Å². The quantitative estimate of drug-likeness (QED) is 0.797. The molecule has 1 atom stereocenters. The SMILES string of the molecule is CC(=O)N(/N=C1/C[C@H](c2ccccc2)Oc2ccccc21)C(C)=O. The highest BCUT2D eigenvalue weighted by molar-refractivity contribution is 6.05. The lowest BCUT2D eigenvalue weighted by Crippen LogP contribution is -2.31. The van der Waals surface area contributed by atoms with Gasteiger partial charge in [-0.1, -0.05) is 42.5 Å². The van der Waals surface area contributed by atoms with Crippen molar-refractivity contribution in [3.63, 3.8) is 0 Å². The number of imide groups is 1. The molecule has 1 aliphatic heterocycles. The van der Waals surface area contributed by atoms with E-state index < -0.39 is 11.8 Å². The number of ether oxygens (including phenoxy) is 1. The molecule has 0 spiro atoms. The minimum absolute atomic E-state index is 0.208. The number of hydrogen-bond acceptors (Lipinski definition) is 4. The summed E-state index contributed by atoms with van der Waals surface area (Å²) in [6, 6.07) is 17.3. The van der Waals surface area contributed by atoms with Gasteiger partial charge in [-0.2, -0.15) is 10.1 Å². The molecule has 0 unspecified atom stereocenters. The number of fused-ring (bicyclic) bond motifs is 1. The Morgan fingerprint density at radius 2 is 1.62 bits per heavy atom. The number of amides is 2. The second-order valence-electron chi connectivity index (χ2n) is 5.61. The summed E-state index contributed by atoms with van der Waals surface area (Å²) in [4.78, 5) is 23.4. The summed E-state index contributed by atoms with van der Waals surface area (Å²) in [6.45, 7) is 2.65. The van der Waals surface area contributed by atoms with E-state index in [-0.39, 0.29) is 6.10 Å². The third kappa shape index (κ3) is 3.20. The van der Waals surface area contributed by atoms with Gasteiger partial charge in [0.05, 0.1) is 5.71 Å². The van der Waals surface area contributed by atoms with E-state index in [1.165, 1.54) is 13.8 Å². The van der Waals surface area contributed by atoms with Gasteiger partial charge in [-0.05, 0) is 17.7 Å². The largest absolute Gasteiger partial charge is 0.485 e. The molecule has 0 aromatic heterocycles. The Kier molecular flexibility index (Phi) is 4.42. The monoisotopic (exact) mass is 322 g/mol. The van der Waals surface area contributed by atoms with Crippen LogP contribution >= 0.6 is 0 Å². The van der Waals surface area contributed by atoms with Gasteiger partial charge in [0.2, 0.25) is 11.8 Å². The Bertz CT molecular complexity index is 785. The fraction of sp³-hybridized carbons (Fsp3) is 0.211. The van der Waals surface area contributed by atoms with Crippen LogP contribution in [0, 0.1) is 0 Å². The first kappa shape index (κ1) is 15.9. The van der Waals surface area contributed by atoms with Gasteiger partial charge in [-0.25, -0.2) is 0 Å². The Morgan fingerprint density at radius 3 is 2.29 bits per heavy atom. The number of rotatable bonds is 2. The highest BCUT2D eigenvalue weighted by atomic mass is 16.5. The van der Waals surface area contributed by atoms with Crippen LogP contribution in [0.25, 0.3) is 0 Å². The van der Waals surface area contributed by atoms with Crippen molar-refractivity contribution in [2.45, 2.75) is 26.4 Å². The van der Waals surface area contributed by atoms with E-state index in [4.69, 9.17) is 4.74 Å². The lowest BCUT2D eigenvalue weighted by molar-refractivity contribution is -0.142. The maximum absolute atomic E-state index is 11.7. The van der Waals surface area contributed by atoms with Crippen LogP contribution in [0.15, 0.2) is 59.7 Å². The number of hydrazone groups is 1. The van der Waals surface area contributed by atoms with E-state index in [0.717, 1.165) is 16.1 Å². The normalized spacial score (nSPS) is 17.8. The zero-order chi connectivity index (χ0) is 17.1. The fourth-order valence-corrected chi connectivity index (χ4v) is 2.72. The molecule has 1 aliphatic rings. The maximum Gasteiger partial charge on any atom is 0.246 e. The molecule has 2 aromatic carbocycles. The molecular formula is C19H18N2O3. The van der Waals surface area contributed by atoms with E-state index >= 15 is 0 Å². The van der Waals surface area contributed by atoms with Gasteiger partial charge in [-0.3, -0.25) is 9.59 Å². The predicted molar refractivity (Wildman–Crippen MR) is 90.6 cm³/mol. The molecule has 0 bridgehead atoms. The number of carbonyl (C=O) groups is 2. The highest BCUT2D eigenvalue weighted by Crippen LogP contribution is 2.35. The van der Waals surface area contributed by atoms with Crippen molar-refractivity contribution in [1.29, 1.82) is 0 Å². The molecule has 5 nitrogen and oxygen atoms in total. The summed E-state index contributed by atoms with van der Waals surface area (Å²) in [6.07, 6.45) is 0.276. The zero-order valence-electron chi connectivity index (χ0n) is 13.6. The molecule has 0 radical (unpaired) electrons. The zero-order valence-corrected chi connectivity index (χ0v) is 13.6. The summed E-state index contributed by atoms with van der Waals surface area (Å²) in [5, 5.41) is 5.22. The van der Waals surface area contributed by atoms with Gasteiger partial charge >= 0.3 is 0 Å². The number of benzene rings is 2. The molecule has 1 heterocycles. The summed E-state index contributed by atoms with van der Waals surface area (Å²) in [5.74, 6) is -0.117. The van der Waals surface area contributed by atoms with Crippen LogP contribution in [-0.4, -0.2) is 22.5 Å². The molecule has 0 fully saturated rings. The number of nitrogens with zero attached hydrogens (tertiary/aromatic N) is 2. The number of para-hydroxylation sites is 1. The maximum atomic E-state index is 11.7. The van der Waals surface area contributed by atoms with Gasteiger partial charge < -0.3 is 4.74 Å². The van der Waals surface area contributed by atoms with Gasteiger partial charge in [0, 0.05) is 25.8 Å². The summed E-state index contributed by atoms with van der Waals surface area (Å²) >= 11 is 0. The van der Waals surface area contributed by atoms with Crippen molar-refractivity contribution in [2.75, 3.05) is 0 Å². The Labute approximate surface area is 140 Å². The van der Waals surface area contributed by atoms with E-state index in [9.17, 15) is 9.59 Å². The van der Waals surface area contributed by atoms with Gasteiger partial charge in [-0.15, -0.1) is 0 Å². The lowest BCUT2D eigenvalue weighted by Gasteiger charge is -2.28. The number of hydrogen-bond donors (Lipinski definition) is 0. The average molecular weight is 322 g/mol. The van der Waals surface area contributed by atoms with Crippen molar-refractivity contribution < 1.29 is 14.3 Å². The predicted octanol–water partition coefficient (Wildman–Crippen LogP) is 3.31. The van der Waals surface area contributed by atoms with Crippen LogP contribution in [0.3, 0.4) is 0 Å². The fourth-order valence-electron chi connectivity index (χ4n) is 2.72. The molecular weight excluding hydrogens is 304 g/mol. The summed E-state index contributed by atoms with van der Waals surface area (Å²) in [5.41, 5.74) is 2.49. The van der Waals surface area contributed by atoms with Crippen LogP contribution < -0.4 is 4.74 Å². The van der Waals surface area contributed by atoms with Gasteiger partial charge in [0.1, 0.15) is 11.9 Å². The van der Waals surface area contributed by atoms with Crippen LogP contribution in [0.1, 0.15) is 37.5 Å². The first-order valence-corrected chi connectivity index (χ1v) is 7.76. The second-order valence-corrected chi connectivity index (χ2v) is 5.61. The van der Waals surface area contributed by atoms with E-state index in [1.54, 1.807) is 0 Å². The van der Waals surface area contributed by atoms with Gasteiger partial charge in [0.25, 0.3) is 0 Å². The Hall–Kier alpha value is -2.95. The summed E-state index contributed by atoms with van der Waals surface area (Å²) in [7, 11) is 0. The van der Waals surface area contributed by atoms with Crippen LogP contribution in [-0.2, 0) is 9.59 Å². The molecule has 0 saturated heterocycles. The minimum atomic E-state index is -0.407. The van der Waals surface area contributed by atoms with Crippen molar-refractivity contribution in [3.05, 3.63) is 65.7 Å². The third-order valence-electron chi connectivity index (χ3n) is 3.83. The van der Waals surface area contributed by atoms with Crippen LogP contribution in [0.4, 0.5) is 0 Å². The van der Waals surface area contributed by atoms with Crippen molar-refractivity contribution >= 4 is 17.5 Å². The van der Waals surface area contributed by atoms with E-state index in [2.05, 4.69) is 5.10 Å². The van der Waals surface area contributed by atoms with Crippen LogP contribution in [0.2, 0.25) is 0 Å². The first-order chi connectivity index (χ1) is 11.6. The van der Waals surface area contributed by atoms with Gasteiger partial charge in [0.15, 0.2) is 0 Å². The molecule has 122 valence electrons. The molecule has 2 amide bonds. The molecule has 0 N–H and O–H groups in total. The van der Waals surface area contributed by atoms with Crippen molar-refractivity contribution in [3.8, 4) is 5.75 Å². The molecule has 2 aromatic rings. The minimum Gasteiger partial charge on any atom is -0.485 e. The topological polar surface area (TPSA) is 59.0 Å². The Morgan fingerprint density at radius 1 is 1.00 bits per heavy atom.